The molecule has 2 rings (SSSR count). The zero-order chi connectivity index (χ0) is 9.26. The maximum atomic E-state index is 5.57. The summed E-state index contributed by atoms with van der Waals surface area (Å²) in [5.41, 5.74) is 10.1. The molecule has 0 fully saturated rings. The molecule has 0 aliphatic carbocycles. The average Bonchev–Trinajstić information content (AvgIpc) is 2.18. The number of hydrogen-bond donors (Lipinski definition) is 2. The largest absolute Gasteiger partial charge is 0.357 e. The number of nitrogens with two attached hydrogens (primary N) is 1. The highest BCUT2D eigenvalue weighted by Gasteiger charge is 2.13. The van der Waals surface area contributed by atoms with Crippen LogP contribution in [0, 0.1) is 0 Å². The van der Waals surface area contributed by atoms with E-state index in [1.54, 1.807) is 0 Å². The second-order valence-corrected chi connectivity index (χ2v) is 4.94. The lowest BCUT2D eigenvalue weighted by atomic mass is 10.0. The number of hydrogen-bond acceptors (Lipinski definition) is 2. The fraction of sp³-hybridized carbons (Fsp3) is 0.100. The Kier molecular flexibility index (Phi) is 2.46. The standard InChI is InChI=1S/C10H11IN2/c1-7-4-8(6-12)13-10-5-11-3-2-9(7)10/h2-5,13H,1,6,12H2. The second kappa shape index (κ2) is 3.59. The Morgan fingerprint density at radius 2 is 2.38 bits per heavy atom. The van der Waals surface area contributed by atoms with E-state index in [0.29, 0.717) is 6.54 Å². The van der Waals surface area contributed by atoms with Gasteiger partial charge in [0, 0.05) is 17.8 Å². The van der Waals surface area contributed by atoms with E-state index in [1.807, 2.05) is 6.08 Å². The minimum atomic E-state index is 0.0895. The molecule has 0 radical (unpaired) electrons. The Morgan fingerprint density at radius 3 is 3.15 bits per heavy atom. The fourth-order valence-electron chi connectivity index (χ4n) is 1.33. The lowest BCUT2D eigenvalue weighted by Crippen LogP contribution is -2.25. The Balaban J connectivity index is 2.37. The summed E-state index contributed by atoms with van der Waals surface area (Å²) in [6.45, 7) is 4.56. The van der Waals surface area contributed by atoms with Crippen molar-refractivity contribution in [3.63, 3.8) is 0 Å². The van der Waals surface area contributed by atoms with Crippen LogP contribution >= 0.6 is 20.7 Å². The van der Waals surface area contributed by atoms with Gasteiger partial charge < -0.3 is 11.1 Å². The predicted octanol–water partition coefficient (Wildman–Crippen LogP) is 1.54. The van der Waals surface area contributed by atoms with Gasteiger partial charge in [-0.1, -0.05) is 27.3 Å². The fourth-order valence-corrected chi connectivity index (χ4v) is 2.95. The molecule has 0 spiro atoms. The van der Waals surface area contributed by atoms with Crippen molar-refractivity contribution in [3.8, 4) is 0 Å². The lowest BCUT2D eigenvalue weighted by molar-refractivity contribution is 0.931. The molecule has 0 aromatic rings. The van der Waals surface area contributed by atoms with Gasteiger partial charge in [-0.3, -0.25) is 0 Å². The number of nitrogens with one attached hydrogen (secondary N) is 1. The minimum absolute atomic E-state index is 0.0895. The molecule has 0 saturated carbocycles. The first-order chi connectivity index (χ1) is 6.31. The Morgan fingerprint density at radius 1 is 1.54 bits per heavy atom. The van der Waals surface area contributed by atoms with Crippen LogP contribution in [0.15, 0.2) is 45.4 Å². The van der Waals surface area contributed by atoms with Crippen LogP contribution < -0.4 is 11.1 Å². The summed E-state index contributed by atoms with van der Waals surface area (Å²) < 4.78 is 4.51. The Labute approximate surface area is 87.6 Å². The van der Waals surface area contributed by atoms with Gasteiger partial charge in [0.25, 0.3) is 0 Å². The smallest absolute Gasteiger partial charge is 0.0519 e. The van der Waals surface area contributed by atoms with Crippen LogP contribution in [0.5, 0.6) is 0 Å². The first kappa shape index (κ1) is 8.90. The molecule has 2 aliphatic rings. The topological polar surface area (TPSA) is 38.0 Å². The van der Waals surface area contributed by atoms with E-state index < -0.39 is 0 Å². The van der Waals surface area contributed by atoms with Gasteiger partial charge in [0.2, 0.25) is 0 Å². The number of dihydropyridines is 1. The van der Waals surface area contributed by atoms with E-state index in [4.69, 9.17) is 5.73 Å². The molecule has 0 amide bonds. The molecular formula is C10H11IN2. The van der Waals surface area contributed by atoms with Crippen molar-refractivity contribution in [3.05, 3.63) is 45.4 Å². The molecule has 68 valence electrons. The summed E-state index contributed by atoms with van der Waals surface area (Å²) in [5.74, 6) is 0. The second-order valence-electron chi connectivity index (χ2n) is 2.88. The molecule has 2 aliphatic heterocycles. The average molecular weight is 286 g/mol. The highest BCUT2D eigenvalue weighted by atomic mass is 127. The van der Waals surface area contributed by atoms with Crippen LogP contribution in [0.1, 0.15) is 0 Å². The van der Waals surface area contributed by atoms with Crippen LogP contribution in [-0.4, -0.2) is 10.6 Å². The van der Waals surface area contributed by atoms with Crippen molar-refractivity contribution in [2.24, 2.45) is 5.73 Å². The lowest BCUT2D eigenvalue weighted by Gasteiger charge is -2.21. The molecule has 13 heavy (non-hydrogen) atoms. The van der Waals surface area contributed by atoms with E-state index in [2.05, 4.69) is 26.1 Å². The third-order valence-electron chi connectivity index (χ3n) is 1.97. The molecule has 3 N–H and O–H groups in total. The van der Waals surface area contributed by atoms with Crippen molar-refractivity contribution in [2.75, 3.05) is 6.54 Å². The third-order valence-corrected chi connectivity index (χ3v) is 3.73. The van der Waals surface area contributed by atoms with Gasteiger partial charge in [-0.15, -0.1) is 0 Å². The summed E-state index contributed by atoms with van der Waals surface area (Å²) in [5, 5.41) is 3.31. The summed E-state index contributed by atoms with van der Waals surface area (Å²) >= 11 is 0.0895. The first-order valence-corrected chi connectivity index (χ1v) is 6.53. The van der Waals surface area contributed by atoms with Crippen molar-refractivity contribution in [2.45, 2.75) is 0 Å². The van der Waals surface area contributed by atoms with E-state index in [-0.39, 0.29) is 20.7 Å². The molecule has 2 nitrogen and oxygen atoms in total. The summed E-state index contributed by atoms with van der Waals surface area (Å²) in [7, 11) is 0. The SMILES string of the molecule is C=C1C=C(CN)NC2=C1C=CI=C2. The Hall–Kier alpha value is -0.680. The van der Waals surface area contributed by atoms with E-state index in [1.165, 1.54) is 11.3 Å². The van der Waals surface area contributed by atoms with E-state index in [9.17, 15) is 0 Å². The highest BCUT2D eigenvalue weighted by molar-refractivity contribution is 14.2. The number of rotatable bonds is 1. The van der Waals surface area contributed by atoms with E-state index in [0.717, 1.165) is 11.3 Å². The van der Waals surface area contributed by atoms with Gasteiger partial charge in [0.1, 0.15) is 0 Å². The Bertz CT molecular complexity index is 372. The summed E-state index contributed by atoms with van der Waals surface area (Å²) in [6.07, 6.45) is 4.17. The molecule has 0 aromatic heterocycles. The van der Waals surface area contributed by atoms with Gasteiger partial charge >= 0.3 is 0 Å². The van der Waals surface area contributed by atoms with Crippen molar-refractivity contribution < 1.29 is 0 Å². The van der Waals surface area contributed by atoms with Crippen molar-refractivity contribution >= 4 is 24.7 Å². The van der Waals surface area contributed by atoms with Gasteiger partial charge in [0.05, 0.1) is 5.70 Å². The normalized spacial score (nSPS) is 20.4. The molecule has 2 heterocycles. The summed E-state index contributed by atoms with van der Waals surface area (Å²) in [4.78, 5) is 0. The van der Waals surface area contributed by atoms with Gasteiger partial charge in [-0.2, -0.15) is 0 Å². The van der Waals surface area contributed by atoms with Gasteiger partial charge in [0.15, 0.2) is 0 Å². The predicted molar refractivity (Wildman–Crippen MR) is 65.7 cm³/mol. The molecule has 3 heteroatoms. The number of allylic oxidation sites excluding steroid dienone is 5. The molecule has 0 unspecified atom stereocenters. The van der Waals surface area contributed by atoms with E-state index >= 15 is 0 Å². The summed E-state index contributed by atoms with van der Waals surface area (Å²) in [6, 6.07) is 0. The quantitative estimate of drug-likeness (QED) is 0.718. The van der Waals surface area contributed by atoms with Crippen LogP contribution in [0.2, 0.25) is 0 Å². The number of halogens is 1. The van der Waals surface area contributed by atoms with Gasteiger partial charge in [-0.25, -0.2) is 0 Å². The maximum absolute atomic E-state index is 5.57. The maximum Gasteiger partial charge on any atom is 0.0519 e. The molecule has 0 aromatic carbocycles. The van der Waals surface area contributed by atoms with Crippen LogP contribution in [0.3, 0.4) is 0 Å². The third kappa shape index (κ3) is 1.66. The van der Waals surface area contributed by atoms with Crippen molar-refractivity contribution in [1.82, 2.24) is 5.32 Å². The van der Waals surface area contributed by atoms with Crippen LogP contribution in [0.4, 0.5) is 0 Å². The molecule has 0 bridgehead atoms. The highest BCUT2D eigenvalue weighted by Crippen LogP contribution is 2.25. The monoisotopic (exact) mass is 286 g/mol. The molecule has 0 saturated heterocycles. The van der Waals surface area contributed by atoms with Crippen LogP contribution in [-0.2, 0) is 0 Å². The first-order valence-electron chi connectivity index (χ1n) is 4.04. The minimum Gasteiger partial charge on any atom is -0.357 e. The zero-order valence-electron chi connectivity index (χ0n) is 7.18. The zero-order valence-corrected chi connectivity index (χ0v) is 9.34. The van der Waals surface area contributed by atoms with Gasteiger partial charge in [-0.05, 0) is 25.8 Å². The van der Waals surface area contributed by atoms with Crippen molar-refractivity contribution in [1.29, 1.82) is 0 Å². The van der Waals surface area contributed by atoms with Crippen LogP contribution in [0.25, 0.3) is 0 Å². The molecular weight excluding hydrogens is 275 g/mol. The molecule has 0 atom stereocenters.